The number of carbonyl (C=O) groups is 1. The summed E-state index contributed by atoms with van der Waals surface area (Å²) in [5, 5.41) is 0. The van der Waals surface area contributed by atoms with Gasteiger partial charge in [-0.2, -0.15) is 0 Å². The van der Waals surface area contributed by atoms with Gasteiger partial charge < -0.3 is 4.90 Å². The first kappa shape index (κ1) is 17.7. The molecule has 0 aromatic heterocycles. The molecule has 0 radical (unpaired) electrons. The lowest BCUT2D eigenvalue weighted by Gasteiger charge is -2.29. The van der Waals surface area contributed by atoms with Crippen molar-refractivity contribution < 1.29 is 4.79 Å². The van der Waals surface area contributed by atoms with E-state index in [9.17, 15) is 4.79 Å². The van der Waals surface area contributed by atoms with Crippen molar-refractivity contribution in [2.24, 2.45) is 0 Å². The summed E-state index contributed by atoms with van der Waals surface area (Å²) in [6.45, 7) is 12.3. The second-order valence-electron chi connectivity index (χ2n) is 4.59. The molecule has 1 amide bonds. The third-order valence-electron chi connectivity index (χ3n) is 3.00. The summed E-state index contributed by atoms with van der Waals surface area (Å²) < 4.78 is 0. The average molecular weight is 263 g/mol. The van der Waals surface area contributed by atoms with Crippen LogP contribution in [0.4, 0.5) is 5.69 Å². The highest BCUT2D eigenvalue weighted by Gasteiger charge is 2.19. The van der Waals surface area contributed by atoms with Crippen molar-refractivity contribution in [3.05, 3.63) is 29.8 Å². The molecule has 0 saturated carbocycles. The maximum atomic E-state index is 12.1. The first-order valence-corrected chi connectivity index (χ1v) is 7.48. The Balaban J connectivity index is 0.00000154. The minimum Gasteiger partial charge on any atom is -0.310 e. The first-order valence-electron chi connectivity index (χ1n) is 7.48. The maximum absolute atomic E-state index is 12.1. The van der Waals surface area contributed by atoms with Crippen LogP contribution in [0.25, 0.3) is 0 Å². The molecular formula is C17H29NO. The number of amides is 1. The largest absolute Gasteiger partial charge is 0.310 e. The number of rotatable bonds is 5. The molecule has 0 aliphatic carbocycles. The van der Waals surface area contributed by atoms with Crippen LogP contribution < -0.4 is 4.90 Å². The zero-order valence-corrected chi connectivity index (χ0v) is 13.4. The Morgan fingerprint density at radius 3 is 2.37 bits per heavy atom. The van der Waals surface area contributed by atoms with E-state index in [1.165, 1.54) is 5.56 Å². The third kappa shape index (κ3) is 5.46. The molecule has 0 aliphatic heterocycles. The van der Waals surface area contributed by atoms with E-state index >= 15 is 0 Å². The van der Waals surface area contributed by atoms with Crippen LogP contribution in [0.1, 0.15) is 59.4 Å². The summed E-state index contributed by atoms with van der Waals surface area (Å²) >= 11 is 0. The molecule has 0 bridgehead atoms. The van der Waals surface area contributed by atoms with E-state index in [0.717, 1.165) is 18.5 Å². The highest BCUT2D eigenvalue weighted by atomic mass is 16.2. The Hall–Kier alpha value is -1.31. The van der Waals surface area contributed by atoms with Crippen molar-refractivity contribution in [1.29, 1.82) is 0 Å². The summed E-state index contributed by atoms with van der Waals surface area (Å²) in [7, 11) is 0. The summed E-state index contributed by atoms with van der Waals surface area (Å²) in [5.41, 5.74) is 2.22. The SMILES string of the molecule is CC.CCCC(C)N(C(=O)CC)c1cccc(C)c1. The maximum Gasteiger partial charge on any atom is 0.226 e. The van der Waals surface area contributed by atoms with E-state index in [-0.39, 0.29) is 11.9 Å². The monoisotopic (exact) mass is 263 g/mol. The Morgan fingerprint density at radius 1 is 1.26 bits per heavy atom. The summed E-state index contributed by atoms with van der Waals surface area (Å²) in [5.74, 6) is 0.205. The molecule has 19 heavy (non-hydrogen) atoms. The number of hydrogen-bond acceptors (Lipinski definition) is 1. The molecule has 1 atom stereocenters. The molecule has 0 aliphatic rings. The van der Waals surface area contributed by atoms with Gasteiger partial charge in [-0.1, -0.05) is 46.2 Å². The van der Waals surface area contributed by atoms with E-state index in [2.05, 4.69) is 32.9 Å². The van der Waals surface area contributed by atoms with E-state index < -0.39 is 0 Å². The lowest BCUT2D eigenvalue weighted by Crippen LogP contribution is -2.38. The van der Waals surface area contributed by atoms with Gasteiger partial charge in [0.15, 0.2) is 0 Å². The number of anilines is 1. The van der Waals surface area contributed by atoms with Crippen molar-refractivity contribution in [3.63, 3.8) is 0 Å². The topological polar surface area (TPSA) is 20.3 Å². The molecule has 1 aromatic rings. The standard InChI is InChI=1S/C15H23NO.C2H6/c1-5-8-13(4)16(15(17)6-2)14-10-7-9-12(3)11-14;1-2/h7,9-11,13H,5-6,8H2,1-4H3;1-2H3. The van der Waals surface area contributed by atoms with E-state index in [0.29, 0.717) is 6.42 Å². The predicted molar refractivity (Wildman–Crippen MR) is 84.7 cm³/mol. The molecule has 0 saturated heterocycles. The highest BCUT2D eigenvalue weighted by molar-refractivity contribution is 5.93. The molecule has 0 fully saturated rings. The molecular weight excluding hydrogens is 234 g/mol. The summed E-state index contributed by atoms with van der Waals surface area (Å²) in [6.07, 6.45) is 2.70. The van der Waals surface area contributed by atoms with Crippen LogP contribution in [0.2, 0.25) is 0 Å². The zero-order valence-electron chi connectivity index (χ0n) is 13.4. The molecule has 1 aromatic carbocycles. The molecule has 0 spiro atoms. The van der Waals surface area contributed by atoms with Crippen LogP contribution in [0.5, 0.6) is 0 Å². The van der Waals surface area contributed by atoms with Crippen LogP contribution >= 0.6 is 0 Å². The molecule has 2 nitrogen and oxygen atoms in total. The minimum absolute atomic E-state index is 0.205. The number of hydrogen-bond donors (Lipinski definition) is 0. The van der Waals surface area contributed by atoms with Crippen molar-refractivity contribution >= 4 is 11.6 Å². The van der Waals surface area contributed by atoms with Gasteiger partial charge in [0.2, 0.25) is 5.91 Å². The molecule has 1 unspecified atom stereocenters. The fourth-order valence-electron chi connectivity index (χ4n) is 2.14. The van der Waals surface area contributed by atoms with Crippen molar-refractivity contribution in [1.82, 2.24) is 0 Å². The Morgan fingerprint density at radius 2 is 1.89 bits per heavy atom. The van der Waals surface area contributed by atoms with Gasteiger partial charge in [-0.25, -0.2) is 0 Å². The van der Waals surface area contributed by atoms with Crippen molar-refractivity contribution in [3.8, 4) is 0 Å². The fraction of sp³-hybridized carbons (Fsp3) is 0.588. The van der Waals surface area contributed by atoms with Gasteiger partial charge in [0.1, 0.15) is 0 Å². The minimum atomic E-state index is 0.205. The quantitative estimate of drug-likeness (QED) is 0.735. The summed E-state index contributed by atoms with van der Waals surface area (Å²) in [4.78, 5) is 14.0. The van der Waals surface area contributed by atoms with Crippen molar-refractivity contribution in [2.45, 2.75) is 66.8 Å². The van der Waals surface area contributed by atoms with Crippen molar-refractivity contribution in [2.75, 3.05) is 4.90 Å². The zero-order chi connectivity index (χ0) is 14.8. The number of aryl methyl sites for hydroxylation is 1. The highest BCUT2D eigenvalue weighted by Crippen LogP contribution is 2.21. The van der Waals surface area contributed by atoms with Gasteiger partial charge in [0.05, 0.1) is 0 Å². The molecule has 0 heterocycles. The lowest BCUT2D eigenvalue weighted by molar-refractivity contribution is -0.118. The van der Waals surface area contributed by atoms with Gasteiger partial charge >= 0.3 is 0 Å². The molecule has 1 rings (SSSR count). The Kier molecular flexibility index (Phi) is 8.94. The second kappa shape index (κ2) is 9.60. The normalized spacial score (nSPS) is 11.3. The Bertz CT molecular complexity index is 373. The van der Waals surface area contributed by atoms with Crippen LogP contribution in [-0.2, 0) is 4.79 Å². The number of carbonyl (C=O) groups excluding carboxylic acids is 1. The van der Waals surface area contributed by atoms with Crippen LogP contribution in [0.15, 0.2) is 24.3 Å². The Labute approximate surface area is 118 Å². The van der Waals surface area contributed by atoms with Gasteiger partial charge in [-0.05, 0) is 38.0 Å². The number of nitrogens with zero attached hydrogens (tertiary/aromatic N) is 1. The molecule has 2 heteroatoms. The molecule has 108 valence electrons. The fourth-order valence-corrected chi connectivity index (χ4v) is 2.14. The van der Waals surface area contributed by atoms with Crippen LogP contribution in [0.3, 0.4) is 0 Å². The van der Waals surface area contributed by atoms with E-state index in [4.69, 9.17) is 0 Å². The van der Waals surface area contributed by atoms with Crippen LogP contribution in [-0.4, -0.2) is 11.9 Å². The van der Waals surface area contributed by atoms with Gasteiger partial charge in [0.25, 0.3) is 0 Å². The smallest absolute Gasteiger partial charge is 0.226 e. The lowest BCUT2D eigenvalue weighted by atomic mass is 10.1. The van der Waals surface area contributed by atoms with Crippen LogP contribution in [0, 0.1) is 6.92 Å². The van der Waals surface area contributed by atoms with Gasteiger partial charge in [-0.3, -0.25) is 4.79 Å². The second-order valence-corrected chi connectivity index (χ2v) is 4.59. The van der Waals surface area contributed by atoms with E-state index in [1.807, 2.05) is 37.8 Å². The van der Waals surface area contributed by atoms with E-state index in [1.54, 1.807) is 0 Å². The number of benzene rings is 1. The van der Waals surface area contributed by atoms with Gasteiger partial charge in [0, 0.05) is 18.2 Å². The summed E-state index contributed by atoms with van der Waals surface area (Å²) in [6, 6.07) is 8.45. The molecule has 0 N–H and O–H groups in total. The third-order valence-corrected chi connectivity index (χ3v) is 3.00. The van der Waals surface area contributed by atoms with Gasteiger partial charge in [-0.15, -0.1) is 0 Å². The predicted octanol–water partition coefficient (Wildman–Crippen LogP) is 4.95. The first-order chi connectivity index (χ1) is 9.10. The average Bonchev–Trinajstić information content (AvgIpc) is 2.41.